The van der Waals surface area contributed by atoms with Crippen molar-refractivity contribution in [2.75, 3.05) is 7.11 Å². The predicted molar refractivity (Wildman–Crippen MR) is 81.3 cm³/mol. The Labute approximate surface area is 126 Å². The van der Waals surface area contributed by atoms with E-state index in [4.69, 9.17) is 4.74 Å². The molecule has 1 aromatic carbocycles. The van der Waals surface area contributed by atoms with Gasteiger partial charge in [0.2, 0.25) is 0 Å². The molecule has 1 nitrogen and oxygen atoms in total. The largest absolute Gasteiger partial charge is 0.496 e. The van der Waals surface area contributed by atoms with Crippen LogP contribution < -0.4 is 4.74 Å². The highest BCUT2D eigenvalue weighted by molar-refractivity contribution is 9.10. The summed E-state index contributed by atoms with van der Waals surface area (Å²) in [7, 11) is 1.71. The SMILES string of the molecule is COc1ccc(C(Br)C2C3CCCCC32)cc1Br. The van der Waals surface area contributed by atoms with Gasteiger partial charge in [0.25, 0.3) is 0 Å². The van der Waals surface area contributed by atoms with Crippen LogP contribution >= 0.6 is 31.9 Å². The molecule has 98 valence electrons. The molecule has 0 aromatic heterocycles. The maximum atomic E-state index is 5.29. The van der Waals surface area contributed by atoms with E-state index in [1.54, 1.807) is 7.11 Å². The molecule has 0 N–H and O–H groups in total. The Bertz CT molecular complexity index is 434. The van der Waals surface area contributed by atoms with E-state index in [-0.39, 0.29) is 0 Å². The van der Waals surface area contributed by atoms with Gasteiger partial charge in [0.1, 0.15) is 5.75 Å². The lowest BCUT2D eigenvalue weighted by Crippen LogP contribution is -1.96. The molecule has 2 saturated carbocycles. The fourth-order valence-electron chi connectivity index (χ4n) is 3.56. The highest BCUT2D eigenvalue weighted by Gasteiger charge is 2.53. The van der Waals surface area contributed by atoms with Crippen molar-refractivity contribution in [3.63, 3.8) is 0 Å². The number of benzene rings is 1. The minimum atomic E-state index is 0.507. The van der Waals surface area contributed by atoms with Crippen molar-refractivity contribution in [2.45, 2.75) is 30.5 Å². The van der Waals surface area contributed by atoms with Gasteiger partial charge in [-0.25, -0.2) is 0 Å². The zero-order valence-corrected chi connectivity index (χ0v) is 13.7. The second-order valence-corrected chi connectivity index (χ2v) is 7.33. The van der Waals surface area contributed by atoms with Gasteiger partial charge in [0.15, 0.2) is 0 Å². The van der Waals surface area contributed by atoms with Crippen LogP contribution in [0.15, 0.2) is 22.7 Å². The standard InChI is InChI=1S/C15H18Br2O/c1-18-13-7-6-9(8-12(13)16)15(17)14-10-4-2-3-5-11(10)14/h6-8,10-11,14-15H,2-5H2,1H3. The molecule has 0 amide bonds. The lowest BCUT2D eigenvalue weighted by atomic mass is 10.0. The van der Waals surface area contributed by atoms with Gasteiger partial charge in [-0.3, -0.25) is 0 Å². The molecule has 3 unspecified atom stereocenters. The van der Waals surface area contributed by atoms with E-state index in [0.717, 1.165) is 28.0 Å². The number of alkyl halides is 1. The third-order valence-electron chi connectivity index (χ3n) is 4.55. The Morgan fingerprint density at radius 3 is 2.44 bits per heavy atom. The Kier molecular flexibility index (Phi) is 3.72. The second kappa shape index (κ2) is 5.16. The monoisotopic (exact) mass is 372 g/mol. The number of hydrogen-bond acceptors (Lipinski definition) is 1. The number of halogens is 2. The number of fused-ring (bicyclic) bond motifs is 1. The molecular weight excluding hydrogens is 356 g/mol. The Morgan fingerprint density at radius 1 is 1.22 bits per heavy atom. The van der Waals surface area contributed by atoms with Crippen LogP contribution in [-0.4, -0.2) is 7.11 Å². The van der Waals surface area contributed by atoms with E-state index < -0.39 is 0 Å². The second-order valence-electron chi connectivity index (χ2n) is 5.49. The van der Waals surface area contributed by atoms with Crippen LogP contribution in [0.4, 0.5) is 0 Å². The molecule has 3 heteroatoms. The summed E-state index contributed by atoms with van der Waals surface area (Å²) in [6.45, 7) is 0. The summed E-state index contributed by atoms with van der Waals surface area (Å²) in [6.07, 6.45) is 5.75. The third kappa shape index (κ3) is 2.24. The molecule has 0 heterocycles. The average Bonchev–Trinajstić information content (AvgIpc) is 3.12. The first-order chi connectivity index (χ1) is 8.72. The van der Waals surface area contributed by atoms with Gasteiger partial charge in [-0.15, -0.1) is 0 Å². The first kappa shape index (κ1) is 13.0. The Morgan fingerprint density at radius 2 is 1.89 bits per heavy atom. The van der Waals surface area contributed by atoms with Gasteiger partial charge < -0.3 is 4.74 Å². The van der Waals surface area contributed by atoms with Crippen molar-refractivity contribution in [3.8, 4) is 5.75 Å². The summed E-state index contributed by atoms with van der Waals surface area (Å²) in [5.74, 6) is 3.72. The van der Waals surface area contributed by atoms with Crippen LogP contribution in [0.25, 0.3) is 0 Å². The van der Waals surface area contributed by atoms with Crippen molar-refractivity contribution >= 4 is 31.9 Å². The van der Waals surface area contributed by atoms with Gasteiger partial charge in [0, 0.05) is 4.83 Å². The lowest BCUT2D eigenvalue weighted by Gasteiger charge is -2.12. The first-order valence-corrected chi connectivity index (χ1v) is 8.40. The molecule has 0 radical (unpaired) electrons. The Hall–Kier alpha value is -0.0200. The van der Waals surface area contributed by atoms with Crippen molar-refractivity contribution in [1.82, 2.24) is 0 Å². The summed E-state index contributed by atoms with van der Waals surface area (Å²) < 4.78 is 6.34. The van der Waals surface area contributed by atoms with Gasteiger partial charge >= 0.3 is 0 Å². The quantitative estimate of drug-likeness (QED) is 0.650. The van der Waals surface area contributed by atoms with E-state index in [2.05, 4.69) is 50.1 Å². The molecule has 1 aromatic rings. The molecule has 3 atom stereocenters. The van der Waals surface area contributed by atoms with E-state index in [1.807, 2.05) is 0 Å². The zero-order chi connectivity index (χ0) is 12.7. The number of rotatable bonds is 3. The van der Waals surface area contributed by atoms with Gasteiger partial charge in [-0.2, -0.15) is 0 Å². The molecule has 0 saturated heterocycles. The molecule has 2 fully saturated rings. The number of methoxy groups -OCH3 is 1. The number of ether oxygens (including phenoxy) is 1. The molecule has 0 spiro atoms. The highest BCUT2D eigenvalue weighted by Crippen LogP contribution is 2.62. The minimum Gasteiger partial charge on any atom is -0.496 e. The summed E-state index contributed by atoms with van der Waals surface area (Å²) in [6, 6.07) is 6.44. The number of hydrogen-bond donors (Lipinski definition) is 0. The first-order valence-electron chi connectivity index (χ1n) is 6.70. The van der Waals surface area contributed by atoms with Gasteiger partial charge in [-0.1, -0.05) is 34.8 Å². The van der Waals surface area contributed by atoms with Crippen molar-refractivity contribution in [3.05, 3.63) is 28.2 Å². The van der Waals surface area contributed by atoms with Crippen LogP contribution in [0.5, 0.6) is 5.75 Å². The van der Waals surface area contributed by atoms with Crippen LogP contribution in [0.1, 0.15) is 36.1 Å². The summed E-state index contributed by atoms with van der Waals surface area (Å²) in [4.78, 5) is 0.507. The summed E-state index contributed by atoms with van der Waals surface area (Å²) >= 11 is 7.50. The average molecular weight is 374 g/mol. The minimum absolute atomic E-state index is 0.507. The third-order valence-corrected chi connectivity index (χ3v) is 6.31. The van der Waals surface area contributed by atoms with Crippen LogP contribution in [0, 0.1) is 17.8 Å². The van der Waals surface area contributed by atoms with Gasteiger partial charge in [0.05, 0.1) is 11.6 Å². The smallest absolute Gasteiger partial charge is 0.133 e. The van der Waals surface area contributed by atoms with E-state index in [9.17, 15) is 0 Å². The zero-order valence-electron chi connectivity index (χ0n) is 10.5. The predicted octanol–water partition coefficient (Wildman–Crippen LogP) is 5.33. The molecule has 18 heavy (non-hydrogen) atoms. The molecular formula is C15H18Br2O. The molecule has 2 aliphatic rings. The maximum Gasteiger partial charge on any atom is 0.133 e. The van der Waals surface area contributed by atoms with Crippen LogP contribution in [0.3, 0.4) is 0 Å². The molecule has 0 aliphatic heterocycles. The highest BCUT2D eigenvalue weighted by atomic mass is 79.9. The van der Waals surface area contributed by atoms with Crippen molar-refractivity contribution in [1.29, 1.82) is 0 Å². The molecule has 2 aliphatic carbocycles. The summed E-state index contributed by atoms with van der Waals surface area (Å²) in [5, 5.41) is 0. The van der Waals surface area contributed by atoms with Crippen molar-refractivity contribution < 1.29 is 4.74 Å². The van der Waals surface area contributed by atoms with E-state index >= 15 is 0 Å². The van der Waals surface area contributed by atoms with Gasteiger partial charge in [-0.05, 0) is 64.2 Å². The Balaban J connectivity index is 1.76. The van der Waals surface area contributed by atoms with Crippen LogP contribution in [-0.2, 0) is 0 Å². The fourth-order valence-corrected chi connectivity index (χ4v) is 5.19. The lowest BCUT2D eigenvalue weighted by molar-refractivity contribution is 0.412. The fraction of sp³-hybridized carbons (Fsp3) is 0.600. The topological polar surface area (TPSA) is 9.23 Å². The van der Waals surface area contributed by atoms with Crippen molar-refractivity contribution in [2.24, 2.45) is 17.8 Å². The molecule has 0 bridgehead atoms. The normalized spacial score (nSPS) is 31.6. The maximum absolute atomic E-state index is 5.29. The van der Waals surface area contributed by atoms with Crippen LogP contribution in [0.2, 0.25) is 0 Å². The molecule has 3 rings (SSSR count). The van der Waals surface area contributed by atoms with E-state index in [0.29, 0.717) is 4.83 Å². The van der Waals surface area contributed by atoms with E-state index in [1.165, 1.54) is 31.2 Å². The summed E-state index contributed by atoms with van der Waals surface area (Å²) in [5.41, 5.74) is 1.38.